The van der Waals surface area contributed by atoms with Gasteiger partial charge in [0.05, 0.1) is 5.03 Å². The summed E-state index contributed by atoms with van der Waals surface area (Å²) in [5.41, 5.74) is 6.21. The molecule has 2 N–H and O–H groups in total. The van der Waals surface area contributed by atoms with E-state index in [1.165, 1.54) is 6.07 Å². The van der Waals surface area contributed by atoms with Crippen LogP contribution in [0.2, 0.25) is 0 Å². The molecule has 0 spiro atoms. The van der Waals surface area contributed by atoms with Gasteiger partial charge in [-0.05, 0) is 34.1 Å². The van der Waals surface area contributed by atoms with Crippen molar-refractivity contribution in [1.82, 2.24) is 9.55 Å². The molecule has 0 amide bonds. The fourth-order valence-electron chi connectivity index (χ4n) is 1.42. The summed E-state index contributed by atoms with van der Waals surface area (Å²) >= 11 is 4.94. The Morgan fingerprint density at radius 1 is 1.33 bits per heavy atom. The van der Waals surface area contributed by atoms with E-state index in [0.717, 1.165) is 15.3 Å². The van der Waals surface area contributed by atoms with Crippen LogP contribution < -0.4 is 11.3 Å². The number of hydrogen-bond donors (Lipinski definition) is 1. The molecule has 0 radical (unpaired) electrons. The van der Waals surface area contributed by atoms with Crippen molar-refractivity contribution < 1.29 is 0 Å². The maximum absolute atomic E-state index is 11.5. The van der Waals surface area contributed by atoms with Crippen LogP contribution in [-0.4, -0.2) is 15.3 Å². The molecule has 0 atom stereocenters. The number of halogens is 1. The van der Waals surface area contributed by atoms with Gasteiger partial charge in [0, 0.05) is 40.9 Å². The van der Waals surface area contributed by atoms with E-state index in [2.05, 4.69) is 20.9 Å². The minimum atomic E-state index is -0.0337. The minimum Gasteiger partial charge on any atom is -0.398 e. The van der Waals surface area contributed by atoms with Gasteiger partial charge >= 0.3 is 0 Å². The smallest absolute Gasteiger partial charge is 0.250 e. The van der Waals surface area contributed by atoms with E-state index >= 15 is 0 Å². The lowest BCUT2D eigenvalue weighted by Gasteiger charge is -2.05. The van der Waals surface area contributed by atoms with E-state index in [0.29, 0.717) is 12.2 Å². The van der Waals surface area contributed by atoms with E-state index in [9.17, 15) is 4.79 Å². The Morgan fingerprint density at radius 2 is 2.17 bits per heavy atom. The Kier molecular flexibility index (Phi) is 4.43. The second kappa shape index (κ2) is 6.06. The molecule has 0 aliphatic heterocycles. The number of aromatic nitrogens is 2. The molecule has 0 saturated heterocycles. The average molecular weight is 326 g/mol. The number of aryl methyl sites for hydroxylation is 1. The van der Waals surface area contributed by atoms with Gasteiger partial charge in [0.25, 0.3) is 5.56 Å². The van der Waals surface area contributed by atoms with E-state index < -0.39 is 0 Å². The van der Waals surface area contributed by atoms with Crippen LogP contribution in [0.1, 0.15) is 0 Å². The third-order valence-corrected chi connectivity index (χ3v) is 3.68. The lowest BCUT2D eigenvalue weighted by Crippen LogP contribution is -2.19. The van der Waals surface area contributed by atoms with Crippen molar-refractivity contribution in [1.29, 1.82) is 0 Å². The highest BCUT2D eigenvalue weighted by atomic mass is 79.9. The molecule has 0 aliphatic rings. The Hall–Kier alpha value is -1.27. The van der Waals surface area contributed by atoms with Gasteiger partial charge in [0.2, 0.25) is 0 Å². The Balaban J connectivity index is 1.94. The van der Waals surface area contributed by atoms with Gasteiger partial charge < -0.3 is 10.3 Å². The fraction of sp³-hybridized carbons (Fsp3) is 0.167. The largest absolute Gasteiger partial charge is 0.398 e. The molecule has 6 heteroatoms. The van der Waals surface area contributed by atoms with E-state index in [4.69, 9.17) is 5.73 Å². The van der Waals surface area contributed by atoms with Crippen LogP contribution in [0.25, 0.3) is 0 Å². The summed E-state index contributed by atoms with van der Waals surface area (Å²) in [6.07, 6.45) is 3.42. The summed E-state index contributed by atoms with van der Waals surface area (Å²) in [4.78, 5) is 15.8. The normalized spacial score (nSPS) is 10.5. The molecule has 4 nitrogen and oxygen atoms in total. The molecule has 2 aromatic rings. The van der Waals surface area contributed by atoms with Crippen LogP contribution >= 0.6 is 27.7 Å². The molecule has 0 unspecified atom stereocenters. The van der Waals surface area contributed by atoms with Crippen LogP contribution in [0, 0.1) is 0 Å². The summed E-state index contributed by atoms with van der Waals surface area (Å²) in [7, 11) is 0. The quantitative estimate of drug-likeness (QED) is 0.877. The summed E-state index contributed by atoms with van der Waals surface area (Å²) < 4.78 is 2.57. The maximum atomic E-state index is 11.5. The van der Waals surface area contributed by atoms with E-state index in [-0.39, 0.29) is 5.56 Å². The number of thioether (sulfide) groups is 1. The van der Waals surface area contributed by atoms with Gasteiger partial charge in [-0.3, -0.25) is 4.79 Å². The lowest BCUT2D eigenvalue weighted by atomic mass is 10.4. The molecule has 0 aromatic carbocycles. The molecule has 2 heterocycles. The van der Waals surface area contributed by atoms with Crippen molar-refractivity contribution in [3.8, 4) is 0 Å². The second-order valence-corrected chi connectivity index (χ2v) is 5.69. The average Bonchev–Trinajstić information content (AvgIpc) is 2.36. The molecule has 94 valence electrons. The standard InChI is InChI=1S/C12H12BrN3OS/c13-9-1-3-11(15-7-9)18-6-5-16-8-10(14)2-4-12(16)17/h1-4,7-8H,5-6,14H2. The first-order valence-corrected chi connectivity index (χ1v) is 7.13. The monoisotopic (exact) mass is 325 g/mol. The van der Waals surface area contributed by atoms with Gasteiger partial charge in [-0.2, -0.15) is 0 Å². The topological polar surface area (TPSA) is 60.9 Å². The molecule has 18 heavy (non-hydrogen) atoms. The van der Waals surface area contributed by atoms with E-state index in [1.54, 1.807) is 34.8 Å². The van der Waals surface area contributed by atoms with Crippen LogP contribution in [0.5, 0.6) is 0 Å². The highest BCUT2D eigenvalue weighted by Gasteiger charge is 1.99. The van der Waals surface area contributed by atoms with Gasteiger partial charge in [-0.15, -0.1) is 11.8 Å². The first-order valence-electron chi connectivity index (χ1n) is 5.35. The van der Waals surface area contributed by atoms with Crippen LogP contribution in [0.15, 0.2) is 51.0 Å². The van der Waals surface area contributed by atoms with Crippen molar-refractivity contribution in [2.24, 2.45) is 0 Å². The predicted molar refractivity (Wildman–Crippen MR) is 77.8 cm³/mol. The van der Waals surface area contributed by atoms with Crippen molar-refractivity contribution in [3.63, 3.8) is 0 Å². The SMILES string of the molecule is Nc1ccc(=O)n(CCSc2ccc(Br)cn2)c1. The molecule has 0 aliphatic carbocycles. The lowest BCUT2D eigenvalue weighted by molar-refractivity contribution is 0.736. The number of pyridine rings is 2. The zero-order valence-corrected chi connectivity index (χ0v) is 11.9. The molecule has 0 saturated carbocycles. The molecule has 0 bridgehead atoms. The van der Waals surface area contributed by atoms with Gasteiger partial charge in [-0.1, -0.05) is 0 Å². The van der Waals surface area contributed by atoms with Gasteiger partial charge in [0.1, 0.15) is 0 Å². The van der Waals surface area contributed by atoms with Crippen LogP contribution in [-0.2, 0) is 6.54 Å². The van der Waals surface area contributed by atoms with Gasteiger partial charge in [0.15, 0.2) is 0 Å². The Labute approximate surface area is 117 Å². The number of hydrogen-bond acceptors (Lipinski definition) is 4. The summed E-state index contributed by atoms with van der Waals surface area (Å²) in [6.45, 7) is 0.617. The summed E-state index contributed by atoms with van der Waals surface area (Å²) in [5, 5.41) is 0.940. The molecule has 2 aromatic heterocycles. The van der Waals surface area contributed by atoms with Crippen molar-refractivity contribution in [2.45, 2.75) is 11.6 Å². The second-order valence-electron chi connectivity index (χ2n) is 3.66. The summed E-state index contributed by atoms with van der Waals surface area (Å²) in [6, 6.07) is 6.99. The van der Waals surface area contributed by atoms with Crippen LogP contribution in [0.4, 0.5) is 5.69 Å². The van der Waals surface area contributed by atoms with Crippen molar-refractivity contribution >= 4 is 33.4 Å². The third-order valence-electron chi connectivity index (χ3n) is 2.29. The molecule has 2 rings (SSSR count). The fourth-order valence-corrected chi connectivity index (χ4v) is 2.44. The third kappa shape index (κ3) is 3.61. The highest BCUT2D eigenvalue weighted by Crippen LogP contribution is 2.17. The number of nitrogen functional groups attached to an aromatic ring is 1. The van der Waals surface area contributed by atoms with Gasteiger partial charge in [-0.25, -0.2) is 4.98 Å². The number of nitrogens with zero attached hydrogens (tertiary/aromatic N) is 2. The molecular weight excluding hydrogens is 314 g/mol. The van der Waals surface area contributed by atoms with Crippen LogP contribution in [0.3, 0.4) is 0 Å². The zero-order valence-electron chi connectivity index (χ0n) is 9.54. The number of nitrogens with two attached hydrogens (primary N) is 1. The number of rotatable bonds is 4. The van der Waals surface area contributed by atoms with E-state index in [1.807, 2.05) is 12.1 Å². The Bertz CT molecular complexity index is 583. The van der Waals surface area contributed by atoms with Crippen molar-refractivity contribution in [3.05, 3.63) is 51.5 Å². The highest BCUT2D eigenvalue weighted by molar-refractivity contribution is 9.10. The zero-order chi connectivity index (χ0) is 13.0. The summed E-state index contributed by atoms with van der Waals surface area (Å²) in [5.74, 6) is 0.776. The molecule has 0 fully saturated rings. The first kappa shape index (κ1) is 13.2. The number of anilines is 1. The maximum Gasteiger partial charge on any atom is 0.250 e. The predicted octanol–water partition coefficient (Wildman–Crippen LogP) is 2.38. The molecular formula is C12H12BrN3OS. The minimum absolute atomic E-state index is 0.0337. The van der Waals surface area contributed by atoms with Crippen molar-refractivity contribution in [2.75, 3.05) is 11.5 Å². The first-order chi connectivity index (χ1) is 8.65. The Morgan fingerprint density at radius 3 is 2.89 bits per heavy atom.